The van der Waals surface area contributed by atoms with Gasteiger partial charge in [-0.3, -0.25) is 0 Å². The number of hydrogen-bond donors (Lipinski definition) is 1. The Kier molecular flexibility index (Phi) is 5.72. The minimum absolute atomic E-state index is 0. The molecule has 1 saturated heterocycles. The molecule has 0 saturated carbocycles. The van der Waals surface area contributed by atoms with E-state index in [1.165, 1.54) is 0 Å². The van der Waals surface area contributed by atoms with Crippen LogP contribution in [0.25, 0.3) is 0 Å². The van der Waals surface area contributed by atoms with Gasteiger partial charge in [-0.15, -0.1) is 12.4 Å². The van der Waals surface area contributed by atoms with Gasteiger partial charge in [-0.2, -0.15) is 26.3 Å². The number of halogens is 8. The van der Waals surface area contributed by atoms with E-state index in [-0.39, 0.29) is 31.0 Å². The van der Waals surface area contributed by atoms with Crippen molar-refractivity contribution >= 4 is 12.4 Å². The van der Waals surface area contributed by atoms with E-state index in [0.717, 1.165) is 6.42 Å². The minimum atomic E-state index is -5.05. The third-order valence-electron chi connectivity index (χ3n) is 3.42. The van der Waals surface area contributed by atoms with Crippen LogP contribution in [0.5, 0.6) is 0 Å². The fourth-order valence-corrected chi connectivity index (χ4v) is 2.47. The third-order valence-corrected chi connectivity index (χ3v) is 3.42. The third kappa shape index (κ3) is 4.04. The molecule has 0 aromatic heterocycles. The summed E-state index contributed by atoms with van der Waals surface area (Å²) >= 11 is 0. The summed E-state index contributed by atoms with van der Waals surface area (Å²) in [5, 5.41) is 2.73. The molecule has 0 unspecified atom stereocenters. The molecule has 0 radical (unpaired) electrons. The van der Waals surface area contributed by atoms with Crippen LogP contribution < -0.4 is 5.32 Å². The molecule has 0 bridgehead atoms. The number of nitrogens with one attached hydrogen (secondary N) is 1. The summed E-state index contributed by atoms with van der Waals surface area (Å²) in [6, 6.07) is -0.812. The van der Waals surface area contributed by atoms with Gasteiger partial charge in [-0.05, 0) is 31.5 Å². The van der Waals surface area contributed by atoms with Crippen molar-refractivity contribution in [3.8, 4) is 0 Å². The maximum absolute atomic E-state index is 13.9. The Morgan fingerprint density at radius 2 is 1.59 bits per heavy atom. The maximum Gasteiger partial charge on any atom is 0.416 e. The highest BCUT2D eigenvalue weighted by atomic mass is 35.5. The Labute approximate surface area is 128 Å². The first-order chi connectivity index (χ1) is 9.60. The molecule has 1 aromatic rings. The summed E-state index contributed by atoms with van der Waals surface area (Å²) < 4.78 is 90.6. The van der Waals surface area contributed by atoms with E-state index in [0.29, 0.717) is 13.0 Å². The zero-order chi connectivity index (χ0) is 15.8. The molecule has 0 amide bonds. The van der Waals surface area contributed by atoms with Crippen LogP contribution in [0.2, 0.25) is 0 Å². The number of benzene rings is 1. The van der Waals surface area contributed by atoms with Crippen molar-refractivity contribution < 1.29 is 30.7 Å². The highest BCUT2D eigenvalue weighted by Crippen LogP contribution is 2.41. The highest BCUT2D eigenvalue weighted by molar-refractivity contribution is 5.85. The molecule has 126 valence electrons. The molecule has 2 rings (SSSR count). The van der Waals surface area contributed by atoms with Crippen molar-refractivity contribution in [2.24, 2.45) is 0 Å². The number of hydrogen-bond acceptors (Lipinski definition) is 1. The Morgan fingerprint density at radius 1 is 0.955 bits per heavy atom. The van der Waals surface area contributed by atoms with Crippen molar-refractivity contribution in [2.75, 3.05) is 6.54 Å². The first-order valence-corrected chi connectivity index (χ1v) is 6.32. The SMILES string of the molecule is Cl.Fc1cc(C(F)(F)F)cc(C(F)(F)F)c1[C@@H]1CCCCN1. The van der Waals surface area contributed by atoms with Crippen LogP contribution in [0.4, 0.5) is 30.7 Å². The molecule has 1 atom stereocenters. The Morgan fingerprint density at radius 3 is 2.05 bits per heavy atom. The fourth-order valence-electron chi connectivity index (χ4n) is 2.47. The van der Waals surface area contributed by atoms with Gasteiger partial charge in [-0.1, -0.05) is 6.42 Å². The largest absolute Gasteiger partial charge is 0.416 e. The summed E-state index contributed by atoms with van der Waals surface area (Å²) in [4.78, 5) is 0. The molecule has 1 heterocycles. The molecule has 1 aliphatic rings. The molecule has 0 aliphatic carbocycles. The molecule has 22 heavy (non-hydrogen) atoms. The van der Waals surface area contributed by atoms with Crippen LogP contribution in [-0.4, -0.2) is 6.54 Å². The molecule has 0 spiro atoms. The summed E-state index contributed by atoms with van der Waals surface area (Å²) in [7, 11) is 0. The Balaban J connectivity index is 0.00000242. The lowest BCUT2D eigenvalue weighted by atomic mass is 9.91. The predicted octanol–water partition coefficient (Wildman–Crippen LogP) is 5.10. The minimum Gasteiger partial charge on any atom is -0.310 e. The zero-order valence-corrected chi connectivity index (χ0v) is 11.9. The Hall–Kier alpha value is -1.02. The molecule has 1 aliphatic heterocycles. The number of alkyl halides is 6. The van der Waals surface area contributed by atoms with Gasteiger partial charge in [0, 0.05) is 11.6 Å². The molecule has 1 nitrogen and oxygen atoms in total. The summed E-state index contributed by atoms with van der Waals surface area (Å²) in [6.45, 7) is 0.405. The van der Waals surface area contributed by atoms with Crippen LogP contribution in [0.3, 0.4) is 0 Å². The number of piperidine rings is 1. The van der Waals surface area contributed by atoms with Crippen LogP contribution in [0.1, 0.15) is 42.0 Å². The fraction of sp³-hybridized carbons (Fsp3) is 0.538. The first kappa shape index (κ1) is 19.0. The van der Waals surface area contributed by atoms with Gasteiger partial charge in [0.05, 0.1) is 11.1 Å². The van der Waals surface area contributed by atoms with Gasteiger partial charge < -0.3 is 5.32 Å². The normalized spacial score (nSPS) is 19.7. The van der Waals surface area contributed by atoms with E-state index in [2.05, 4.69) is 5.32 Å². The van der Waals surface area contributed by atoms with Crippen molar-refractivity contribution in [3.05, 3.63) is 34.6 Å². The highest BCUT2D eigenvalue weighted by Gasteiger charge is 2.41. The quantitative estimate of drug-likeness (QED) is 0.694. The topological polar surface area (TPSA) is 12.0 Å². The van der Waals surface area contributed by atoms with Gasteiger partial charge in [0.25, 0.3) is 0 Å². The molecule has 9 heteroatoms. The van der Waals surface area contributed by atoms with E-state index in [9.17, 15) is 30.7 Å². The smallest absolute Gasteiger partial charge is 0.310 e. The van der Waals surface area contributed by atoms with Gasteiger partial charge in [-0.25, -0.2) is 4.39 Å². The summed E-state index contributed by atoms with van der Waals surface area (Å²) in [5.74, 6) is -1.48. The van der Waals surface area contributed by atoms with Gasteiger partial charge >= 0.3 is 12.4 Å². The van der Waals surface area contributed by atoms with Crippen LogP contribution in [0, 0.1) is 5.82 Å². The van der Waals surface area contributed by atoms with E-state index in [1.54, 1.807) is 0 Å². The molecule has 1 aromatic carbocycles. The second-order valence-electron chi connectivity index (χ2n) is 4.92. The van der Waals surface area contributed by atoms with Crippen LogP contribution in [-0.2, 0) is 12.4 Å². The molecular formula is C13H13ClF7N. The van der Waals surface area contributed by atoms with Crippen molar-refractivity contribution in [1.82, 2.24) is 5.32 Å². The summed E-state index contributed by atoms with van der Waals surface area (Å²) in [6.07, 6.45) is -8.49. The second-order valence-corrected chi connectivity index (χ2v) is 4.92. The molecule has 1 N–H and O–H groups in total. The second kappa shape index (κ2) is 6.62. The predicted molar refractivity (Wildman–Crippen MR) is 68.2 cm³/mol. The van der Waals surface area contributed by atoms with E-state index < -0.39 is 40.9 Å². The lowest BCUT2D eigenvalue weighted by Gasteiger charge is -2.27. The zero-order valence-electron chi connectivity index (χ0n) is 11.1. The summed E-state index contributed by atoms with van der Waals surface area (Å²) in [5.41, 5.74) is -3.92. The first-order valence-electron chi connectivity index (χ1n) is 6.32. The maximum atomic E-state index is 13.9. The Bertz CT molecular complexity index is 518. The van der Waals surface area contributed by atoms with Crippen LogP contribution >= 0.6 is 12.4 Å². The lowest BCUT2D eigenvalue weighted by Crippen LogP contribution is -2.30. The van der Waals surface area contributed by atoms with Crippen molar-refractivity contribution in [1.29, 1.82) is 0 Å². The molecular weight excluding hydrogens is 339 g/mol. The molecule has 1 fully saturated rings. The van der Waals surface area contributed by atoms with Gasteiger partial charge in [0.1, 0.15) is 5.82 Å². The van der Waals surface area contributed by atoms with E-state index >= 15 is 0 Å². The van der Waals surface area contributed by atoms with E-state index in [1.807, 2.05) is 0 Å². The lowest BCUT2D eigenvalue weighted by molar-refractivity contribution is -0.144. The van der Waals surface area contributed by atoms with Crippen molar-refractivity contribution in [2.45, 2.75) is 37.7 Å². The average Bonchev–Trinajstić information content (AvgIpc) is 2.36. The standard InChI is InChI=1S/C13H12F7N.ClH/c14-9-6-7(12(15,16)17)5-8(13(18,19)20)11(9)10-3-1-2-4-21-10;/h5-6,10,21H,1-4H2;1H/t10-;/m0./s1. The number of rotatable bonds is 1. The van der Waals surface area contributed by atoms with Crippen LogP contribution in [0.15, 0.2) is 12.1 Å². The monoisotopic (exact) mass is 351 g/mol. The average molecular weight is 352 g/mol. The van der Waals surface area contributed by atoms with Gasteiger partial charge in [0.2, 0.25) is 0 Å². The van der Waals surface area contributed by atoms with Crippen molar-refractivity contribution in [3.63, 3.8) is 0 Å². The van der Waals surface area contributed by atoms with E-state index in [4.69, 9.17) is 0 Å². The van der Waals surface area contributed by atoms with Gasteiger partial charge in [0.15, 0.2) is 0 Å².